The summed E-state index contributed by atoms with van der Waals surface area (Å²) in [6, 6.07) is 40.1. The van der Waals surface area contributed by atoms with Crippen LogP contribution in [0.25, 0.3) is 0 Å². The van der Waals surface area contributed by atoms with Crippen LogP contribution in [0.3, 0.4) is 0 Å². The number of nitrogens with one attached hydrogen (secondary N) is 1. The lowest BCUT2D eigenvalue weighted by molar-refractivity contribution is -0.0000143. The van der Waals surface area contributed by atoms with E-state index in [1.807, 2.05) is 72.8 Å². The molecule has 0 radical (unpaired) electrons. The summed E-state index contributed by atoms with van der Waals surface area (Å²) in [5.41, 5.74) is 7.55. The quantitative estimate of drug-likeness (QED) is 0.426. The summed E-state index contributed by atoms with van der Waals surface area (Å²) >= 11 is 0. The third-order valence-corrected chi connectivity index (χ3v) is 9.43. The van der Waals surface area contributed by atoms with Gasteiger partial charge in [0.2, 0.25) is 0 Å². The Kier molecular flexibility index (Phi) is 7.83. The zero-order valence-corrected chi connectivity index (χ0v) is 19.1. The van der Waals surface area contributed by atoms with Crippen molar-refractivity contribution in [3.8, 4) is 0 Å². The standard InChI is InChI=1S/C27H23N2OP.ClH/c28-21-26(29-27(30)22-13-5-1-6-14-22)31(23-15-7-2-8-16-23,24-17-9-3-10-18-24)25-19-11-4-12-20-25;/h1-21H,28H2;1H. The Balaban J connectivity index is 0.00000289. The van der Waals surface area contributed by atoms with Gasteiger partial charge in [-0.3, -0.25) is 10.1 Å². The van der Waals surface area contributed by atoms with Crippen molar-refractivity contribution in [3.05, 3.63) is 139 Å². The smallest absolute Gasteiger partial charge is 0.258 e. The summed E-state index contributed by atoms with van der Waals surface area (Å²) in [7, 11) is -2.43. The van der Waals surface area contributed by atoms with Crippen molar-refractivity contribution in [2.75, 3.05) is 0 Å². The van der Waals surface area contributed by atoms with E-state index in [0.29, 0.717) is 11.0 Å². The van der Waals surface area contributed by atoms with E-state index in [2.05, 4.69) is 41.7 Å². The number of hydrogen-bond acceptors (Lipinski definition) is 2. The van der Waals surface area contributed by atoms with E-state index in [1.165, 1.54) is 0 Å². The zero-order chi connectivity index (χ0) is 21.5. The average molecular weight is 459 g/mol. The van der Waals surface area contributed by atoms with Crippen LogP contribution < -0.4 is 39.4 Å². The summed E-state index contributed by atoms with van der Waals surface area (Å²) in [5, 5.41) is 6.53. The maximum Gasteiger partial charge on any atom is 0.258 e. The van der Waals surface area contributed by atoms with Crippen LogP contribution in [0, 0.1) is 0 Å². The molecule has 3 N–H and O–H groups in total. The van der Waals surface area contributed by atoms with Crippen molar-refractivity contribution in [2.45, 2.75) is 0 Å². The van der Waals surface area contributed by atoms with Crippen LogP contribution in [0.15, 0.2) is 133 Å². The fourth-order valence-electron chi connectivity index (χ4n) is 3.83. The van der Waals surface area contributed by atoms with Gasteiger partial charge in [0.05, 0.1) is 6.20 Å². The number of benzene rings is 4. The zero-order valence-electron chi connectivity index (χ0n) is 17.4. The van der Waals surface area contributed by atoms with Gasteiger partial charge in [0.1, 0.15) is 15.9 Å². The molecular weight excluding hydrogens is 435 g/mol. The van der Waals surface area contributed by atoms with Crippen LogP contribution in [0.5, 0.6) is 0 Å². The first-order valence-electron chi connectivity index (χ1n) is 10.1. The SMILES string of the molecule is NC=C(NC(=O)c1ccccc1)[P+](c1ccccc1)(c1ccccc1)c1ccccc1.[Cl-]. The molecule has 0 atom stereocenters. The van der Waals surface area contributed by atoms with Gasteiger partial charge in [-0.2, -0.15) is 0 Å². The molecule has 3 nitrogen and oxygen atoms in total. The van der Waals surface area contributed by atoms with E-state index >= 15 is 0 Å². The van der Waals surface area contributed by atoms with Crippen molar-refractivity contribution in [2.24, 2.45) is 5.73 Å². The summed E-state index contributed by atoms with van der Waals surface area (Å²) in [5.74, 6) is -0.176. The number of hydrogen-bond donors (Lipinski definition) is 2. The predicted octanol–water partition coefficient (Wildman–Crippen LogP) is 1.17. The molecule has 160 valence electrons. The first-order valence-corrected chi connectivity index (χ1v) is 11.9. The molecule has 0 fully saturated rings. The van der Waals surface area contributed by atoms with Crippen molar-refractivity contribution in [1.82, 2.24) is 5.32 Å². The number of rotatable bonds is 6. The summed E-state index contributed by atoms with van der Waals surface area (Å²) < 4.78 is 0. The molecule has 0 spiro atoms. The lowest BCUT2D eigenvalue weighted by atomic mass is 10.2. The largest absolute Gasteiger partial charge is 1.00 e. The highest BCUT2D eigenvalue weighted by atomic mass is 35.5. The Morgan fingerprint density at radius 3 is 1.31 bits per heavy atom. The van der Waals surface area contributed by atoms with Gasteiger partial charge in [0, 0.05) is 5.56 Å². The number of halogens is 1. The van der Waals surface area contributed by atoms with Crippen molar-refractivity contribution >= 4 is 29.1 Å². The van der Waals surface area contributed by atoms with E-state index in [9.17, 15) is 4.79 Å². The normalized spacial score (nSPS) is 11.3. The third-order valence-electron chi connectivity index (χ3n) is 5.23. The molecule has 4 rings (SSSR count). The highest BCUT2D eigenvalue weighted by Gasteiger charge is 2.50. The number of nitrogens with two attached hydrogens (primary N) is 1. The topological polar surface area (TPSA) is 55.1 Å². The number of carbonyl (C=O) groups is 1. The van der Waals surface area contributed by atoms with Gasteiger partial charge in [0.15, 0.2) is 12.7 Å². The van der Waals surface area contributed by atoms with Crippen LogP contribution in [-0.4, -0.2) is 5.91 Å². The Morgan fingerprint density at radius 1 is 0.625 bits per heavy atom. The molecule has 4 aromatic rings. The Hall–Kier alpha value is -3.39. The van der Waals surface area contributed by atoms with Gasteiger partial charge in [-0.1, -0.05) is 72.8 Å². The first kappa shape index (κ1) is 23.3. The molecule has 0 saturated carbocycles. The maximum atomic E-state index is 13.2. The molecule has 0 aliphatic carbocycles. The fourth-order valence-corrected chi connectivity index (χ4v) is 7.91. The fraction of sp³-hybridized carbons (Fsp3) is 0. The Labute approximate surface area is 195 Å². The molecule has 0 saturated heterocycles. The predicted molar refractivity (Wildman–Crippen MR) is 131 cm³/mol. The molecule has 1 amide bonds. The van der Waals surface area contributed by atoms with E-state index < -0.39 is 7.26 Å². The summed E-state index contributed by atoms with van der Waals surface area (Å²) in [6.07, 6.45) is 1.56. The monoisotopic (exact) mass is 458 g/mol. The van der Waals surface area contributed by atoms with Gasteiger partial charge < -0.3 is 18.1 Å². The lowest BCUT2D eigenvalue weighted by Crippen LogP contribution is -3.00. The molecule has 0 aromatic heterocycles. The summed E-state index contributed by atoms with van der Waals surface area (Å²) in [6.45, 7) is 0. The van der Waals surface area contributed by atoms with Crippen molar-refractivity contribution in [1.29, 1.82) is 0 Å². The molecule has 0 bridgehead atoms. The maximum absolute atomic E-state index is 13.2. The van der Waals surface area contributed by atoms with Crippen molar-refractivity contribution in [3.63, 3.8) is 0 Å². The van der Waals surface area contributed by atoms with Crippen LogP contribution in [0.2, 0.25) is 0 Å². The summed E-state index contributed by atoms with van der Waals surface area (Å²) in [4.78, 5) is 13.2. The minimum atomic E-state index is -2.43. The molecule has 0 aliphatic heterocycles. The highest BCUT2D eigenvalue weighted by molar-refractivity contribution is 7.99. The second kappa shape index (κ2) is 10.8. The number of amides is 1. The minimum absolute atomic E-state index is 0. The van der Waals surface area contributed by atoms with E-state index in [-0.39, 0.29) is 18.3 Å². The molecule has 0 aliphatic rings. The second-order valence-electron chi connectivity index (χ2n) is 7.05. The van der Waals surface area contributed by atoms with E-state index in [0.717, 1.165) is 15.9 Å². The number of carbonyl (C=O) groups excluding carboxylic acids is 1. The Bertz CT molecular complexity index is 1070. The lowest BCUT2D eigenvalue weighted by Gasteiger charge is -2.29. The highest BCUT2D eigenvalue weighted by Crippen LogP contribution is 2.61. The van der Waals surface area contributed by atoms with Gasteiger partial charge in [-0.25, -0.2) is 0 Å². The Morgan fingerprint density at radius 2 is 0.969 bits per heavy atom. The molecule has 0 heterocycles. The van der Waals surface area contributed by atoms with Crippen LogP contribution >= 0.6 is 7.26 Å². The van der Waals surface area contributed by atoms with E-state index in [1.54, 1.807) is 18.3 Å². The minimum Gasteiger partial charge on any atom is -1.00 e. The second-order valence-corrected chi connectivity index (χ2v) is 10.4. The van der Waals surface area contributed by atoms with Gasteiger partial charge >= 0.3 is 0 Å². The van der Waals surface area contributed by atoms with Crippen LogP contribution in [0.1, 0.15) is 10.4 Å². The molecule has 4 aromatic carbocycles. The first-order chi connectivity index (χ1) is 15.3. The van der Waals surface area contributed by atoms with Crippen LogP contribution in [0.4, 0.5) is 0 Å². The van der Waals surface area contributed by atoms with Gasteiger partial charge in [-0.05, 0) is 48.5 Å². The van der Waals surface area contributed by atoms with Crippen LogP contribution in [-0.2, 0) is 0 Å². The average Bonchev–Trinajstić information content (AvgIpc) is 2.86. The molecule has 0 unspecified atom stereocenters. The van der Waals surface area contributed by atoms with Gasteiger partial charge in [-0.15, -0.1) is 0 Å². The van der Waals surface area contributed by atoms with Crippen molar-refractivity contribution < 1.29 is 17.2 Å². The molecule has 32 heavy (non-hydrogen) atoms. The molecule has 5 heteroatoms. The van der Waals surface area contributed by atoms with E-state index in [4.69, 9.17) is 5.73 Å². The third kappa shape index (κ3) is 4.45. The van der Waals surface area contributed by atoms with Gasteiger partial charge in [0.25, 0.3) is 5.91 Å². The molecular formula is C27H24ClN2OP.